The van der Waals surface area contributed by atoms with E-state index in [0.29, 0.717) is 29.4 Å². The molecule has 1 N–H and O–H groups in total. The van der Waals surface area contributed by atoms with Crippen molar-refractivity contribution in [2.24, 2.45) is 5.92 Å². The molecule has 0 unspecified atom stereocenters. The van der Waals surface area contributed by atoms with E-state index in [1.54, 1.807) is 16.8 Å². The van der Waals surface area contributed by atoms with Gasteiger partial charge in [0.15, 0.2) is 6.04 Å². The molecule has 0 fully saturated rings. The molecule has 0 radical (unpaired) electrons. The molecular weight excluding hydrogens is 430 g/mol. The van der Waals surface area contributed by atoms with Crippen molar-refractivity contribution in [1.29, 1.82) is 0 Å². The number of carbonyl (C=O) groups excluding carboxylic acids is 2. The number of amides is 2. The van der Waals surface area contributed by atoms with E-state index in [0.717, 1.165) is 17.5 Å². The summed E-state index contributed by atoms with van der Waals surface area (Å²) in [5, 5.41) is 11.3. The van der Waals surface area contributed by atoms with Crippen LogP contribution >= 0.6 is 0 Å². The molecule has 2 aromatic carbocycles. The van der Waals surface area contributed by atoms with Gasteiger partial charge < -0.3 is 9.73 Å². The first-order valence-corrected chi connectivity index (χ1v) is 11.4. The van der Waals surface area contributed by atoms with Crippen LogP contribution in [0, 0.1) is 12.8 Å². The first-order valence-electron chi connectivity index (χ1n) is 11.4. The molecule has 4 aromatic rings. The van der Waals surface area contributed by atoms with Crippen LogP contribution in [0.3, 0.4) is 0 Å². The Kier molecular flexibility index (Phi) is 7.06. The van der Waals surface area contributed by atoms with Crippen molar-refractivity contribution in [3.63, 3.8) is 0 Å². The van der Waals surface area contributed by atoms with Gasteiger partial charge in [-0.3, -0.25) is 14.5 Å². The average molecular weight is 460 g/mol. The number of carbonyl (C=O) groups is 2. The quantitative estimate of drug-likeness (QED) is 0.403. The summed E-state index contributed by atoms with van der Waals surface area (Å²) in [4.78, 5) is 28.7. The Morgan fingerprint density at radius 1 is 1.09 bits per heavy atom. The lowest BCUT2D eigenvalue weighted by Gasteiger charge is -2.30. The molecule has 0 saturated carbocycles. The van der Waals surface area contributed by atoms with Gasteiger partial charge in [0.05, 0.1) is 11.8 Å². The fraction of sp³-hybridized carbons (Fsp3) is 0.308. The topological polar surface area (TPSA) is 93.3 Å². The number of aryl methyl sites for hydroxylation is 1. The Morgan fingerprint density at radius 3 is 2.65 bits per heavy atom. The number of furan rings is 1. The predicted molar refractivity (Wildman–Crippen MR) is 130 cm³/mol. The van der Waals surface area contributed by atoms with Crippen LogP contribution in [0.5, 0.6) is 0 Å². The van der Waals surface area contributed by atoms with Gasteiger partial charge in [-0.15, -0.1) is 5.10 Å². The van der Waals surface area contributed by atoms with Crippen molar-refractivity contribution >= 4 is 28.5 Å². The summed E-state index contributed by atoms with van der Waals surface area (Å²) in [6.45, 7) is 6.58. The molecular formula is C26H29N5O3. The first-order chi connectivity index (χ1) is 16.4. The Morgan fingerprint density at radius 2 is 1.91 bits per heavy atom. The zero-order valence-corrected chi connectivity index (χ0v) is 19.6. The van der Waals surface area contributed by atoms with Crippen LogP contribution in [0.2, 0.25) is 0 Å². The second kappa shape index (κ2) is 10.3. The van der Waals surface area contributed by atoms with Crippen LogP contribution in [0.15, 0.2) is 71.3 Å². The molecule has 0 saturated heterocycles. The van der Waals surface area contributed by atoms with Crippen LogP contribution in [0.4, 0.5) is 5.69 Å². The number of hydrogen-bond acceptors (Lipinski definition) is 5. The molecule has 0 bridgehead atoms. The highest BCUT2D eigenvalue weighted by atomic mass is 16.3. The Balaban J connectivity index is 1.72. The largest absolute Gasteiger partial charge is 0.467 e. The predicted octanol–water partition coefficient (Wildman–Crippen LogP) is 4.27. The highest BCUT2D eigenvalue weighted by molar-refractivity contribution is 6.01. The van der Waals surface area contributed by atoms with Crippen LogP contribution in [-0.4, -0.2) is 33.4 Å². The average Bonchev–Trinajstić information content (AvgIpc) is 3.47. The Labute approximate surface area is 198 Å². The number of anilines is 1. The minimum atomic E-state index is -0.966. The van der Waals surface area contributed by atoms with Gasteiger partial charge in [-0.05, 0) is 61.2 Å². The number of para-hydroxylation sites is 1. The summed E-state index contributed by atoms with van der Waals surface area (Å²) in [7, 11) is 0. The van der Waals surface area contributed by atoms with E-state index in [1.165, 1.54) is 11.2 Å². The minimum absolute atomic E-state index is 0.0784. The van der Waals surface area contributed by atoms with Gasteiger partial charge in [-0.25, -0.2) is 4.68 Å². The fourth-order valence-corrected chi connectivity index (χ4v) is 3.85. The summed E-state index contributed by atoms with van der Waals surface area (Å²) < 4.78 is 7.19. The maximum Gasteiger partial charge on any atom is 0.251 e. The van der Waals surface area contributed by atoms with Crippen LogP contribution in [0.25, 0.3) is 11.0 Å². The van der Waals surface area contributed by atoms with Gasteiger partial charge >= 0.3 is 0 Å². The smallest absolute Gasteiger partial charge is 0.251 e. The molecule has 0 aliphatic rings. The lowest BCUT2D eigenvalue weighted by molar-refractivity contribution is -0.127. The minimum Gasteiger partial charge on any atom is -0.467 e. The van der Waals surface area contributed by atoms with Gasteiger partial charge in [0.1, 0.15) is 17.8 Å². The number of hydrogen-bond donors (Lipinski definition) is 1. The van der Waals surface area contributed by atoms with Gasteiger partial charge in [0.2, 0.25) is 5.91 Å². The van der Waals surface area contributed by atoms with E-state index >= 15 is 0 Å². The number of rotatable bonds is 9. The number of nitrogens with one attached hydrogen (secondary N) is 1. The third-order valence-electron chi connectivity index (χ3n) is 5.59. The zero-order chi connectivity index (χ0) is 24.1. The van der Waals surface area contributed by atoms with Gasteiger partial charge in [0.25, 0.3) is 5.91 Å². The van der Waals surface area contributed by atoms with Gasteiger partial charge in [0, 0.05) is 12.2 Å². The van der Waals surface area contributed by atoms with E-state index in [1.807, 2.05) is 55.5 Å². The molecule has 2 aromatic heterocycles. The highest BCUT2D eigenvalue weighted by Gasteiger charge is 2.35. The van der Waals surface area contributed by atoms with Gasteiger partial charge in [-0.1, -0.05) is 43.3 Å². The molecule has 2 heterocycles. The number of benzene rings is 2. The van der Waals surface area contributed by atoms with Crippen LogP contribution in [0.1, 0.15) is 37.6 Å². The molecule has 2 amide bonds. The number of fused-ring (bicyclic) bond motifs is 1. The molecule has 8 heteroatoms. The monoisotopic (exact) mass is 459 g/mol. The molecule has 176 valence electrons. The van der Waals surface area contributed by atoms with Crippen LogP contribution in [-0.2, 0) is 16.1 Å². The fourth-order valence-electron chi connectivity index (χ4n) is 3.85. The number of nitrogens with zero attached hydrogens (tertiary/aromatic N) is 4. The lowest BCUT2D eigenvalue weighted by Crippen LogP contribution is -2.45. The van der Waals surface area contributed by atoms with E-state index in [2.05, 4.69) is 29.5 Å². The summed E-state index contributed by atoms with van der Waals surface area (Å²) in [6.07, 6.45) is 2.34. The standard InChI is InChI=1S/C26H29N5O3/c1-18(2)13-14-27-26(33)25(23-12-7-15-34-23)31(20-9-6-8-19(3)16-20)24(32)17-30-22-11-5-4-10-21(22)28-29-30/h4-12,15-16,18,25H,13-14,17H2,1-3H3,(H,27,33)/t25-/m0/s1. The third-order valence-corrected chi connectivity index (χ3v) is 5.59. The maximum atomic E-state index is 13.8. The van der Waals surface area contributed by atoms with Crippen molar-refractivity contribution < 1.29 is 14.0 Å². The van der Waals surface area contributed by atoms with E-state index in [4.69, 9.17) is 4.42 Å². The summed E-state index contributed by atoms with van der Waals surface area (Å²) in [5.41, 5.74) is 3.03. The van der Waals surface area contributed by atoms with Crippen molar-refractivity contribution in [3.05, 3.63) is 78.3 Å². The zero-order valence-electron chi connectivity index (χ0n) is 19.6. The summed E-state index contributed by atoms with van der Waals surface area (Å²) >= 11 is 0. The van der Waals surface area contributed by atoms with Crippen molar-refractivity contribution in [3.8, 4) is 0 Å². The lowest BCUT2D eigenvalue weighted by atomic mass is 10.1. The normalized spacial score (nSPS) is 12.1. The molecule has 0 aliphatic carbocycles. The second-order valence-electron chi connectivity index (χ2n) is 8.73. The van der Waals surface area contributed by atoms with Crippen LogP contribution < -0.4 is 10.2 Å². The first kappa shape index (κ1) is 23.2. The highest BCUT2D eigenvalue weighted by Crippen LogP contribution is 2.29. The third kappa shape index (κ3) is 5.17. The molecule has 0 spiro atoms. The SMILES string of the molecule is Cc1cccc(N(C(=O)Cn2nnc3ccccc32)[C@H](C(=O)NCCC(C)C)c2ccco2)c1. The van der Waals surface area contributed by atoms with Gasteiger partial charge in [-0.2, -0.15) is 0 Å². The summed E-state index contributed by atoms with van der Waals surface area (Å²) in [6, 6.07) is 17.4. The van der Waals surface area contributed by atoms with E-state index < -0.39 is 6.04 Å². The Bertz CT molecular complexity index is 1260. The van der Waals surface area contributed by atoms with Crippen molar-refractivity contribution in [2.45, 2.75) is 39.8 Å². The molecule has 4 rings (SSSR count). The maximum absolute atomic E-state index is 13.8. The van der Waals surface area contributed by atoms with Crippen molar-refractivity contribution in [1.82, 2.24) is 20.3 Å². The van der Waals surface area contributed by atoms with E-state index in [9.17, 15) is 9.59 Å². The van der Waals surface area contributed by atoms with Crippen molar-refractivity contribution in [2.75, 3.05) is 11.4 Å². The summed E-state index contributed by atoms with van der Waals surface area (Å²) in [5.74, 6) is 0.230. The molecule has 34 heavy (non-hydrogen) atoms. The molecule has 8 nitrogen and oxygen atoms in total. The molecule has 1 atom stereocenters. The van der Waals surface area contributed by atoms with E-state index in [-0.39, 0.29) is 18.4 Å². The Hall–Kier alpha value is -3.94. The molecule has 0 aliphatic heterocycles. The number of aromatic nitrogens is 3. The second-order valence-corrected chi connectivity index (χ2v) is 8.73.